The van der Waals surface area contributed by atoms with Gasteiger partial charge in [-0.15, -0.1) is 35.7 Å². The zero-order chi connectivity index (χ0) is 19.7. The highest BCUT2D eigenvalue weighted by atomic mass is 127. The predicted octanol–water partition coefficient (Wildman–Crippen LogP) is 3.24. The predicted molar refractivity (Wildman–Crippen MR) is 128 cm³/mol. The molecule has 1 unspecified atom stereocenters. The maximum Gasteiger partial charge on any atom is 0.243 e. The van der Waals surface area contributed by atoms with Crippen molar-refractivity contribution in [2.24, 2.45) is 4.99 Å². The first kappa shape index (κ1) is 25.3. The second-order valence-corrected chi connectivity index (χ2v) is 8.54. The summed E-state index contributed by atoms with van der Waals surface area (Å²) in [6.45, 7) is 4.41. The largest absolute Gasteiger partial charge is 0.373 e. The Morgan fingerprint density at radius 1 is 1.32 bits per heavy atom. The van der Waals surface area contributed by atoms with Crippen molar-refractivity contribution in [3.63, 3.8) is 0 Å². The van der Waals surface area contributed by atoms with Gasteiger partial charge in [0.15, 0.2) is 5.96 Å². The van der Waals surface area contributed by atoms with Crippen molar-refractivity contribution in [1.82, 2.24) is 15.5 Å². The van der Waals surface area contributed by atoms with E-state index in [4.69, 9.17) is 16.3 Å². The Kier molecular flexibility index (Phi) is 11.5. The number of hydrogen-bond acceptors (Lipinski definition) is 4. The second-order valence-electron chi connectivity index (χ2n) is 6.94. The fourth-order valence-corrected chi connectivity index (χ4v) is 3.47. The van der Waals surface area contributed by atoms with E-state index in [1.54, 1.807) is 30.8 Å². The molecule has 2 rings (SSSR count). The molecule has 0 radical (unpaired) electrons. The minimum atomic E-state index is -0.175. The van der Waals surface area contributed by atoms with Gasteiger partial charge in [-0.25, -0.2) is 4.99 Å². The summed E-state index contributed by atoms with van der Waals surface area (Å²) in [6, 6.07) is 7.80. The molecule has 0 spiro atoms. The highest BCUT2D eigenvalue weighted by Crippen LogP contribution is 2.23. The number of likely N-dealkylation sites (N-methyl/N-ethyl adjacent to an activating group) is 1. The van der Waals surface area contributed by atoms with Crippen molar-refractivity contribution in [2.75, 3.05) is 46.1 Å². The number of aliphatic imine (C=N–C) groups is 1. The van der Waals surface area contributed by atoms with Crippen LogP contribution in [0.1, 0.15) is 19.8 Å². The monoisotopic (exact) mass is 540 g/mol. The van der Waals surface area contributed by atoms with E-state index in [2.05, 4.69) is 22.5 Å². The Balaban J connectivity index is 0.00000392. The maximum absolute atomic E-state index is 11.8. The van der Waals surface area contributed by atoms with E-state index in [0.717, 1.165) is 36.8 Å². The fraction of sp³-hybridized carbons (Fsp3) is 0.579. The molecular weight excluding hydrogens is 511 g/mol. The number of halogens is 2. The average Bonchev–Trinajstić information content (AvgIpc) is 3.08. The molecule has 0 aromatic heterocycles. The topological polar surface area (TPSA) is 66.0 Å². The summed E-state index contributed by atoms with van der Waals surface area (Å²) in [5, 5.41) is 7.36. The SMILES string of the molecule is CN(C)C(=O)CN=C(NCCSc1ccc(Cl)cc1)NCC1(C)CCCO1.I. The number of guanidine groups is 1. The quantitative estimate of drug-likeness (QED) is 0.174. The molecule has 0 saturated carbocycles. The van der Waals surface area contributed by atoms with Crippen LogP contribution in [-0.4, -0.2) is 68.5 Å². The van der Waals surface area contributed by atoms with Crippen molar-refractivity contribution in [2.45, 2.75) is 30.3 Å². The van der Waals surface area contributed by atoms with Crippen LogP contribution in [0.5, 0.6) is 0 Å². The molecule has 158 valence electrons. The lowest BCUT2D eigenvalue weighted by Gasteiger charge is -2.25. The Morgan fingerprint density at radius 3 is 2.64 bits per heavy atom. The first-order valence-corrected chi connectivity index (χ1v) is 10.5. The number of carbonyl (C=O) groups excluding carboxylic acids is 1. The van der Waals surface area contributed by atoms with Gasteiger partial charge in [0.2, 0.25) is 5.91 Å². The summed E-state index contributed by atoms with van der Waals surface area (Å²) >= 11 is 7.65. The number of nitrogens with zero attached hydrogens (tertiary/aromatic N) is 2. The van der Waals surface area contributed by atoms with Gasteiger partial charge in [0, 0.05) is 49.5 Å². The van der Waals surface area contributed by atoms with Crippen LogP contribution >= 0.6 is 47.3 Å². The van der Waals surface area contributed by atoms with Gasteiger partial charge in [-0.2, -0.15) is 0 Å². The third kappa shape index (κ3) is 9.19. The summed E-state index contributed by atoms with van der Waals surface area (Å²) in [5.74, 6) is 1.48. The van der Waals surface area contributed by atoms with E-state index in [-0.39, 0.29) is 42.0 Å². The van der Waals surface area contributed by atoms with E-state index < -0.39 is 0 Å². The average molecular weight is 541 g/mol. The minimum absolute atomic E-state index is 0. The van der Waals surface area contributed by atoms with Crippen LogP contribution in [0.3, 0.4) is 0 Å². The highest BCUT2D eigenvalue weighted by Gasteiger charge is 2.29. The number of thioether (sulfide) groups is 1. The molecule has 2 N–H and O–H groups in total. The normalized spacial score (nSPS) is 19.1. The van der Waals surface area contributed by atoms with Gasteiger partial charge in [0.05, 0.1) is 5.60 Å². The Hall–Kier alpha value is -0.710. The van der Waals surface area contributed by atoms with E-state index in [0.29, 0.717) is 12.5 Å². The number of amides is 1. The third-order valence-corrected chi connectivity index (χ3v) is 5.54. The molecule has 1 aliphatic rings. The molecule has 1 fully saturated rings. The van der Waals surface area contributed by atoms with Crippen LogP contribution in [-0.2, 0) is 9.53 Å². The standard InChI is InChI=1S/C19H29ClN4O2S.HI/c1-19(9-4-11-26-19)14-23-18(22-13-17(25)24(2)3)21-10-12-27-16-7-5-15(20)6-8-16;/h5-8H,4,9-14H2,1-3H3,(H2,21,22,23);1H. The van der Waals surface area contributed by atoms with Crippen LogP contribution in [0.15, 0.2) is 34.2 Å². The van der Waals surface area contributed by atoms with E-state index in [1.807, 2.05) is 24.3 Å². The Morgan fingerprint density at radius 2 is 2.04 bits per heavy atom. The third-order valence-electron chi connectivity index (χ3n) is 4.28. The first-order valence-electron chi connectivity index (χ1n) is 9.13. The van der Waals surface area contributed by atoms with E-state index >= 15 is 0 Å². The van der Waals surface area contributed by atoms with Crippen LogP contribution in [0, 0.1) is 0 Å². The molecule has 1 aliphatic heterocycles. The van der Waals surface area contributed by atoms with Gasteiger partial charge >= 0.3 is 0 Å². The lowest BCUT2D eigenvalue weighted by atomic mass is 10.0. The van der Waals surface area contributed by atoms with Gasteiger partial charge < -0.3 is 20.3 Å². The number of carbonyl (C=O) groups is 1. The zero-order valence-corrected chi connectivity index (χ0v) is 20.6. The second kappa shape index (κ2) is 12.8. The summed E-state index contributed by atoms with van der Waals surface area (Å²) in [6.07, 6.45) is 2.10. The van der Waals surface area contributed by atoms with Crippen molar-refractivity contribution in [1.29, 1.82) is 0 Å². The summed E-state index contributed by atoms with van der Waals surface area (Å²) < 4.78 is 5.81. The molecule has 1 aromatic carbocycles. The zero-order valence-electron chi connectivity index (χ0n) is 16.7. The molecule has 1 saturated heterocycles. The maximum atomic E-state index is 11.8. The fourth-order valence-electron chi connectivity index (χ4n) is 2.58. The smallest absolute Gasteiger partial charge is 0.243 e. The van der Waals surface area contributed by atoms with Gasteiger partial charge in [0.1, 0.15) is 6.54 Å². The summed E-state index contributed by atoms with van der Waals surface area (Å²) in [7, 11) is 3.46. The van der Waals surface area contributed by atoms with Crippen LogP contribution < -0.4 is 10.6 Å². The molecule has 1 heterocycles. The lowest BCUT2D eigenvalue weighted by Crippen LogP contribution is -2.46. The molecule has 0 bridgehead atoms. The van der Waals surface area contributed by atoms with Gasteiger partial charge in [0.25, 0.3) is 0 Å². The molecular formula is C19H30ClIN4O2S. The molecule has 1 amide bonds. The summed E-state index contributed by atoms with van der Waals surface area (Å²) in [5.41, 5.74) is -0.175. The molecule has 1 aromatic rings. The number of ether oxygens (including phenoxy) is 1. The minimum Gasteiger partial charge on any atom is -0.373 e. The van der Waals surface area contributed by atoms with E-state index in [1.165, 1.54) is 4.90 Å². The number of hydrogen-bond donors (Lipinski definition) is 2. The summed E-state index contributed by atoms with van der Waals surface area (Å²) in [4.78, 5) is 19.0. The van der Waals surface area contributed by atoms with Gasteiger partial charge in [-0.1, -0.05) is 11.6 Å². The van der Waals surface area contributed by atoms with Gasteiger partial charge in [-0.05, 0) is 44.0 Å². The molecule has 0 aliphatic carbocycles. The molecule has 1 atom stereocenters. The molecule has 6 nitrogen and oxygen atoms in total. The van der Waals surface area contributed by atoms with Crippen molar-refractivity contribution >= 4 is 59.2 Å². The van der Waals surface area contributed by atoms with Crippen molar-refractivity contribution < 1.29 is 9.53 Å². The van der Waals surface area contributed by atoms with Crippen molar-refractivity contribution in [3.8, 4) is 0 Å². The van der Waals surface area contributed by atoms with Crippen LogP contribution in [0.2, 0.25) is 5.02 Å². The van der Waals surface area contributed by atoms with Gasteiger partial charge in [-0.3, -0.25) is 4.79 Å². The lowest BCUT2D eigenvalue weighted by molar-refractivity contribution is -0.127. The van der Waals surface area contributed by atoms with Crippen molar-refractivity contribution in [3.05, 3.63) is 29.3 Å². The molecule has 28 heavy (non-hydrogen) atoms. The number of benzene rings is 1. The van der Waals surface area contributed by atoms with Crippen LogP contribution in [0.25, 0.3) is 0 Å². The Bertz CT molecular complexity index is 637. The number of nitrogens with one attached hydrogen (secondary N) is 2. The highest BCUT2D eigenvalue weighted by molar-refractivity contribution is 14.0. The van der Waals surface area contributed by atoms with Crippen LogP contribution in [0.4, 0.5) is 0 Å². The number of rotatable bonds is 8. The Labute approximate surface area is 194 Å². The molecule has 9 heteroatoms. The first-order chi connectivity index (χ1) is 12.9. The van der Waals surface area contributed by atoms with E-state index in [9.17, 15) is 4.79 Å².